The van der Waals surface area contributed by atoms with Crippen LogP contribution in [-0.4, -0.2) is 25.7 Å². The minimum atomic E-state index is -0.632. The highest BCUT2D eigenvalue weighted by atomic mass is 35.5. The van der Waals surface area contributed by atoms with E-state index in [1.165, 1.54) is 16.9 Å². The van der Waals surface area contributed by atoms with Gasteiger partial charge in [0.1, 0.15) is 11.5 Å². The van der Waals surface area contributed by atoms with Crippen LogP contribution in [0.5, 0.6) is 11.5 Å². The van der Waals surface area contributed by atoms with Crippen LogP contribution < -0.4 is 10.1 Å². The first-order valence-electron chi connectivity index (χ1n) is 7.63. The minimum Gasteiger partial charge on any atom is -0.506 e. The van der Waals surface area contributed by atoms with Gasteiger partial charge < -0.3 is 15.2 Å². The van der Waals surface area contributed by atoms with E-state index in [1.807, 2.05) is 0 Å². The standard InChI is InChI=1S/C17H13ClN4O5/c18-11-2-1-3-13(8-11)27-10-21-7-6-14(20-21)17(24)19-15-9-12(22(25)26)4-5-16(15)23/h1-9,23H,10H2,(H,19,24). The number of hydrogen-bond donors (Lipinski definition) is 2. The second-order valence-electron chi connectivity index (χ2n) is 5.38. The number of aromatic nitrogens is 2. The number of carbonyl (C=O) groups excluding carboxylic acids is 1. The van der Waals surface area contributed by atoms with Crippen molar-refractivity contribution in [3.63, 3.8) is 0 Å². The largest absolute Gasteiger partial charge is 0.506 e. The van der Waals surface area contributed by atoms with E-state index in [2.05, 4.69) is 10.4 Å². The number of amides is 1. The highest BCUT2D eigenvalue weighted by Gasteiger charge is 2.15. The van der Waals surface area contributed by atoms with Crippen LogP contribution >= 0.6 is 11.6 Å². The van der Waals surface area contributed by atoms with Crippen LogP contribution in [0.2, 0.25) is 5.02 Å². The van der Waals surface area contributed by atoms with E-state index in [1.54, 1.807) is 24.3 Å². The lowest BCUT2D eigenvalue weighted by atomic mass is 10.2. The van der Waals surface area contributed by atoms with Crippen LogP contribution in [0.15, 0.2) is 54.7 Å². The van der Waals surface area contributed by atoms with Gasteiger partial charge in [0, 0.05) is 23.4 Å². The highest BCUT2D eigenvalue weighted by Crippen LogP contribution is 2.28. The van der Waals surface area contributed by atoms with Crippen molar-refractivity contribution in [3.8, 4) is 11.5 Å². The summed E-state index contributed by atoms with van der Waals surface area (Å²) in [6.45, 7) is 0.0513. The van der Waals surface area contributed by atoms with Gasteiger partial charge in [-0.15, -0.1) is 0 Å². The average Bonchev–Trinajstić information content (AvgIpc) is 3.11. The number of nitrogens with zero attached hydrogens (tertiary/aromatic N) is 3. The lowest BCUT2D eigenvalue weighted by Gasteiger charge is -2.07. The Kier molecular flexibility index (Phi) is 5.23. The summed E-state index contributed by atoms with van der Waals surface area (Å²) in [5, 5.41) is 27.5. The first kappa shape index (κ1) is 18.2. The average molecular weight is 389 g/mol. The summed E-state index contributed by atoms with van der Waals surface area (Å²) in [4.78, 5) is 22.4. The molecule has 0 unspecified atom stereocenters. The minimum absolute atomic E-state index is 0.0513. The number of carbonyl (C=O) groups is 1. The van der Waals surface area contributed by atoms with Crippen molar-refractivity contribution in [2.75, 3.05) is 5.32 Å². The van der Waals surface area contributed by atoms with Crippen molar-refractivity contribution in [2.24, 2.45) is 0 Å². The first-order valence-corrected chi connectivity index (χ1v) is 8.01. The number of anilines is 1. The normalized spacial score (nSPS) is 10.4. The van der Waals surface area contributed by atoms with Gasteiger partial charge in [0.25, 0.3) is 11.6 Å². The maximum atomic E-state index is 12.3. The fourth-order valence-electron chi connectivity index (χ4n) is 2.18. The van der Waals surface area contributed by atoms with Crippen molar-refractivity contribution in [3.05, 3.63) is 75.6 Å². The van der Waals surface area contributed by atoms with Gasteiger partial charge in [0.2, 0.25) is 0 Å². The first-order chi connectivity index (χ1) is 12.9. The van der Waals surface area contributed by atoms with Crippen LogP contribution in [-0.2, 0) is 6.73 Å². The Bertz CT molecular complexity index is 1000. The molecule has 3 rings (SSSR count). The number of phenolic OH excluding ortho intramolecular Hbond substituents is 1. The molecule has 1 amide bonds. The highest BCUT2D eigenvalue weighted by molar-refractivity contribution is 6.30. The van der Waals surface area contributed by atoms with Crippen LogP contribution in [0.3, 0.4) is 0 Å². The summed E-state index contributed by atoms with van der Waals surface area (Å²) in [6.07, 6.45) is 1.53. The molecule has 9 nitrogen and oxygen atoms in total. The predicted molar refractivity (Wildman–Crippen MR) is 97.0 cm³/mol. The number of nitrogens with one attached hydrogen (secondary N) is 1. The molecule has 2 aromatic carbocycles. The van der Waals surface area contributed by atoms with E-state index in [-0.39, 0.29) is 29.5 Å². The van der Waals surface area contributed by atoms with Crippen LogP contribution in [0.1, 0.15) is 10.5 Å². The number of ether oxygens (including phenoxy) is 1. The molecule has 0 saturated heterocycles. The lowest BCUT2D eigenvalue weighted by molar-refractivity contribution is -0.384. The second kappa shape index (κ2) is 7.75. The van der Waals surface area contributed by atoms with E-state index < -0.39 is 10.8 Å². The van der Waals surface area contributed by atoms with Crippen molar-refractivity contribution in [2.45, 2.75) is 6.73 Å². The Morgan fingerprint density at radius 1 is 1.30 bits per heavy atom. The molecule has 1 aromatic heterocycles. The summed E-state index contributed by atoms with van der Waals surface area (Å²) >= 11 is 5.87. The van der Waals surface area contributed by atoms with Gasteiger partial charge in [0.05, 0.1) is 10.6 Å². The number of non-ortho nitro benzene ring substituents is 1. The third-order valence-corrected chi connectivity index (χ3v) is 3.71. The molecule has 0 bridgehead atoms. The van der Waals surface area contributed by atoms with E-state index in [0.29, 0.717) is 10.8 Å². The summed E-state index contributed by atoms with van der Waals surface area (Å²) in [5.74, 6) is -0.379. The van der Waals surface area contributed by atoms with Crippen LogP contribution in [0.25, 0.3) is 0 Å². The zero-order chi connectivity index (χ0) is 19.4. The number of benzene rings is 2. The number of nitro benzene ring substituents is 1. The van der Waals surface area contributed by atoms with Gasteiger partial charge >= 0.3 is 0 Å². The molecule has 0 fully saturated rings. The fourth-order valence-corrected chi connectivity index (χ4v) is 2.36. The second-order valence-corrected chi connectivity index (χ2v) is 5.82. The molecular formula is C17H13ClN4O5. The smallest absolute Gasteiger partial charge is 0.276 e. The van der Waals surface area contributed by atoms with Crippen LogP contribution in [0.4, 0.5) is 11.4 Å². The Balaban J connectivity index is 1.66. The van der Waals surface area contributed by atoms with E-state index in [9.17, 15) is 20.0 Å². The third-order valence-electron chi connectivity index (χ3n) is 3.47. The zero-order valence-corrected chi connectivity index (χ0v) is 14.5. The van der Waals surface area contributed by atoms with Crippen LogP contribution in [0, 0.1) is 10.1 Å². The molecule has 138 valence electrons. The number of halogens is 1. The fraction of sp³-hybridized carbons (Fsp3) is 0.0588. The molecule has 10 heteroatoms. The predicted octanol–water partition coefficient (Wildman–Crippen LogP) is 3.44. The van der Waals surface area contributed by atoms with Crippen molar-refractivity contribution in [1.82, 2.24) is 9.78 Å². The number of aromatic hydroxyl groups is 1. The quantitative estimate of drug-likeness (QED) is 0.379. The number of rotatable bonds is 6. The summed E-state index contributed by atoms with van der Waals surface area (Å²) < 4.78 is 6.91. The Hall–Kier alpha value is -3.59. The van der Waals surface area contributed by atoms with Crippen molar-refractivity contribution in [1.29, 1.82) is 0 Å². The number of nitro groups is 1. The molecule has 0 aliphatic carbocycles. The monoisotopic (exact) mass is 388 g/mol. The summed E-state index contributed by atoms with van der Waals surface area (Å²) in [6, 6.07) is 11.6. The Morgan fingerprint density at radius 3 is 2.85 bits per heavy atom. The van der Waals surface area contributed by atoms with Gasteiger partial charge in [-0.3, -0.25) is 14.9 Å². The number of hydrogen-bond acceptors (Lipinski definition) is 6. The molecule has 0 saturated carbocycles. The molecule has 0 radical (unpaired) electrons. The van der Waals surface area contributed by atoms with E-state index >= 15 is 0 Å². The molecule has 27 heavy (non-hydrogen) atoms. The number of phenols is 1. The zero-order valence-electron chi connectivity index (χ0n) is 13.7. The van der Waals surface area contributed by atoms with Gasteiger partial charge in [0.15, 0.2) is 12.4 Å². The van der Waals surface area contributed by atoms with Crippen molar-refractivity contribution < 1.29 is 19.6 Å². The van der Waals surface area contributed by atoms with Gasteiger partial charge in [-0.25, -0.2) is 4.68 Å². The lowest BCUT2D eigenvalue weighted by Crippen LogP contribution is -2.14. The molecule has 0 aliphatic heterocycles. The molecular weight excluding hydrogens is 376 g/mol. The molecule has 1 heterocycles. The van der Waals surface area contributed by atoms with Gasteiger partial charge in [-0.05, 0) is 30.3 Å². The molecule has 2 N–H and O–H groups in total. The summed E-state index contributed by atoms with van der Waals surface area (Å²) in [5.41, 5.74) is -0.293. The van der Waals surface area contributed by atoms with E-state index in [0.717, 1.165) is 18.2 Å². The topological polar surface area (TPSA) is 120 Å². The van der Waals surface area contributed by atoms with Gasteiger partial charge in [-0.2, -0.15) is 5.10 Å². The molecule has 3 aromatic rings. The van der Waals surface area contributed by atoms with E-state index in [4.69, 9.17) is 16.3 Å². The summed E-state index contributed by atoms with van der Waals surface area (Å²) in [7, 11) is 0. The van der Waals surface area contributed by atoms with Crippen molar-refractivity contribution >= 4 is 28.9 Å². The third kappa shape index (κ3) is 4.53. The maximum absolute atomic E-state index is 12.3. The maximum Gasteiger partial charge on any atom is 0.276 e. The molecule has 0 spiro atoms. The molecule has 0 atom stereocenters. The molecule has 0 aliphatic rings. The Labute approximate surface area is 157 Å². The SMILES string of the molecule is O=C(Nc1cc([N+](=O)[O-])ccc1O)c1ccn(COc2cccc(Cl)c2)n1. The Morgan fingerprint density at radius 2 is 2.11 bits per heavy atom. The van der Waals surface area contributed by atoms with Gasteiger partial charge in [-0.1, -0.05) is 17.7 Å².